The van der Waals surface area contributed by atoms with Gasteiger partial charge in [-0.15, -0.1) is 0 Å². The second kappa shape index (κ2) is 25.6. The minimum absolute atomic E-state index is 0.169. The largest absolute Gasteiger partial charge is 0.459 e. The van der Waals surface area contributed by atoms with Gasteiger partial charge in [-0.05, 0) is 139 Å². The van der Waals surface area contributed by atoms with Gasteiger partial charge in [0.1, 0.15) is 23.1 Å². The maximum atomic E-state index is 12.8. The third-order valence-corrected chi connectivity index (χ3v) is 14.2. The van der Waals surface area contributed by atoms with Crippen LogP contribution in [0.5, 0.6) is 0 Å². The maximum absolute atomic E-state index is 12.8. The van der Waals surface area contributed by atoms with E-state index >= 15 is 0 Å². The molecule has 0 atom stereocenters. The Labute approximate surface area is 439 Å². The van der Waals surface area contributed by atoms with E-state index in [-0.39, 0.29) is 41.7 Å². The number of esters is 2. The van der Waals surface area contributed by atoms with Crippen LogP contribution in [0.15, 0.2) is 84.9 Å². The molecular formula is C60H73BrN4O8. The van der Waals surface area contributed by atoms with Crippen LogP contribution in [0.1, 0.15) is 140 Å². The van der Waals surface area contributed by atoms with E-state index in [0.29, 0.717) is 11.8 Å². The first-order valence-corrected chi connectivity index (χ1v) is 27.0. The first-order chi connectivity index (χ1) is 34.9. The molecule has 6 aromatic rings. The molecule has 1 N–H and O–H groups in total. The molecule has 2 aliphatic heterocycles. The number of rotatable bonds is 5. The van der Waals surface area contributed by atoms with Gasteiger partial charge in [-0.2, -0.15) is 19.2 Å². The Kier molecular flexibility index (Phi) is 19.7. The van der Waals surface area contributed by atoms with Gasteiger partial charge in [0, 0.05) is 70.5 Å². The van der Waals surface area contributed by atoms with Crippen LogP contribution in [0.2, 0.25) is 0 Å². The van der Waals surface area contributed by atoms with Crippen molar-refractivity contribution in [3.63, 3.8) is 0 Å². The van der Waals surface area contributed by atoms with Crippen LogP contribution in [0.3, 0.4) is 0 Å². The topological polar surface area (TPSA) is 146 Å². The van der Waals surface area contributed by atoms with Gasteiger partial charge in [-0.25, -0.2) is 0 Å². The number of alkyl halides is 1. The van der Waals surface area contributed by atoms with Crippen LogP contribution in [0.25, 0.3) is 44.3 Å². The van der Waals surface area contributed by atoms with Crippen LogP contribution < -0.4 is 10.2 Å². The second-order valence-electron chi connectivity index (χ2n) is 21.4. The standard InChI is InChI=1S/C29H36N2O2.C23H26N2.C6H11BrO2.2CO2/c1-20-14-15-22-25(18-20)31-17-16-30(19-26(32)33-29(2,3)4)24-13-9-8-12-23(24)28(31)27(22)21-10-6-5-7-11-21;1-16-11-12-19-21(15-16)25-14-13-24-20-10-6-5-9-18(20)23(25)22(19)17-7-3-2-4-8-17;1-6(2,3)9-5(8)4-7;2*2-1-3/h8-9,12-15,18,21H,5-7,10-11,16-17,19H2,1-4H3;5-6,9-12,15,17,24H,2-4,7-8,13-14H2,1H3;4H2,1-3H3;;. The molecule has 73 heavy (non-hydrogen) atoms. The highest BCUT2D eigenvalue weighted by atomic mass is 79.9. The third-order valence-electron chi connectivity index (χ3n) is 13.7. The number of halogens is 1. The lowest BCUT2D eigenvalue weighted by atomic mass is 9.81. The van der Waals surface area contributed by atoms with E-state index in [1.807, 2.05) is 41.5 Å². The molecule has 4 aliphatic rings. The number of hydrogen-bond donors (Lipinski definition) is 1. The number of hydrogen-bond acceptors (Lipinski definition) is 10. The number of nitrogens with one attached hydrogen (secondary N) is 1. The number of carbonyl (C=O) groups is 2. The molecule has 0 spiro atoms. The molecule has 13 heteroatoms. The number of carbonyl (C=O) groups excluding carboxylic acids is 6. The van der Waals surface area contributed by atoms with Crippen molar-refractivity contribution in [1.29, 1.82) is 0 Å². The highest BCUT2D eigenvalue weighted by Crippen LogP contribution is 2.49. The summed E-state index contributed by atoms with van der Waals surface area (Å²) in [4.78, 5) is 58.0. The summed E-state index contributed by atoms with van der Waals surface area (Å²) >= 11 is 2.99. The van der Waals surface area contributed by atoms with E-state index in [2.05, 4.69) is 134 Å². The highest BCUT2D eigenvalue weighted by molar-refractivity contribution is 9.09. The Morgan fingerprint density at radius 3 is 1.55 bits per heavy atom. The van der Waals surface area contributed by atoms with E-state index in [4.69, 9.17) is 28.7 Å². The van der Waals surface area contributed by atoms with Crippen LogP contribution in [0.4, 0.5) is 11.4 Å². The Morgan fingerprint density at radius 2 is 1.05 bits per heavy atom. The van der Waals surface area contributed by atoms with Gasteiger partial charge in [0.2, 0.25) is 0 Å². The zero-order chi connectivity index (χ0) is 52.9. The molecule has 0 bridgehead atoms. The van der Waals surface area contributed by atoms with Crippen molar-refractivity contribution in [2.45, 2.75) is 156 Å². The Balaban J connectivity index is 0.000000191. The normalized spacial score (nSPS) is 15.3. The number of fused-ring (bicyclic) bond motifs is 10. The zero-order valence-corrected chi connectivity index (χ0v) is 45.6. The summed E-state index contributed by atoms with van der Waals surface area (Å²) < 4.78 is 15.7. The van der Waals surface area contributed by atoms with Gasteiger partial charge in [-0.1, -0.05) is 115 Å². The fourth-order valence-corrected chi connectivity index (χ4v) is 11.2. The fourth-order valence-electron chi connectivity index (χ4n) is 11.1. The molecule has 10 rings (SSSR count). The number of para-hydroxylation sites is 2. The number of aromatic nitrogens is 2. The molecule has 0 saturated heterocycles. The van der Waals surface area contributed by atoms with Crippen LogP contribution in [0, 0.1) is 13.8 Å². The Hall–Kier alpha value is -6.26. The number of anilines is 2. The molecule has 2 aromatic heterocycles. The van der Waals surface area contributed by atoms with E-state index in [1.165, 1.54) is 131 Å². The summed E-state index contributed by atoms with van der Waals surface area (Å²) in [7, 11) is 0. The van der Waals surface area contributed by atoms with E-state index in [0.717, 1.165) is 31.9 Å². The Morgan fingerprint density at radius 1 is 0.603 bits per heavy atom. The third kappa shape index (κ3) is 14.3. The second-order valence-corrected chi connectivity index (χ2v) is 22.0. The molecule has 0 amide bonds. The number of aryl methyl sites for hydroxylation is 2. The van der Waals surface area contributed by atoms with Crippen LogP contribution >= 0.6 is 15.9 Å². The molecule has 4 aromatic carbocycles. The molecule has 388 valence electrons. The summed E-state index contributed by atoms with van der Waals surface area (Å²) in [6, 6.07) is 31.5. The summed E-state index contributed by atoms with van der Waals surface area (Å²) in [5.74, 6) is 0.923. The average molecular weight is 1060 g/mol. The predicted octanol–water partition coefficient (Wildman–Crippen LogP) is 13.5. The number of benzene rings is 4. The van der Waals surface area contributed by atoms with Crippen molar-refractivity contribution in [3.05, 3.63) is 107 Å². The Bertz CT molecular complexity index is 2900. The van der Waals surface area contributed by atoms with E-state index in [1.54, 1.807) is 5.56 Å². The molecule has 4 heterocycles. The molecule has 2 fully saturated rings. The molecule has 0 unspecified atom stereocenters. The smallest absolute Gasteiger partial charge is 0.373 e. The minimum Gasteiger partial charge on any atom is -0.459 e. The van der Waals surface area contributed by atoms with Crippen molar-refractivity contribution in [3.8, 4) is 22.5 Å². The first-order valence-electron chi connectivity index (χ1n) is 25.8. The molecule has 12 nitrogen and oxygen atoms in total. The van der Waals surface area contributed by atoms with Crippen molar-refractivity contribution in [1.82, 2.24) is 9.13 Å². The van der Waals surface area contributed by atoms with Gasteiger partial charge in [-0.3, -0.25) is 9.59 Å². The van der Waals surface area contributed by atoms with Crippen molar-refractivity contribution >= 4 is 73.4 Å². The minimum atomic E-state index is -0.477. The molecule has 0 radical (unpaired) electrons. The van der Waals surface area contributed by atoms with Crippen LogP contribution in [-0.4, -0.2) is 69.5 Å². The van der Waals surface area contributed by atoms with Crippen molar-refractivity contribution in [2.24, 2.45) is 0 Å². The number of nitrogens with zero attached hydrogens (tertiary/aromatic N) is 3. The monoisotopic (exact) mass is 1060 g/mol. The lowest BCUT2D eigenvalue weighted by molar-refractivity contribution is -0.193. The van der Waals surface area contributed by atoms with E-state index in [9.17, 15) is 9.59 Å². The SMILES string of the molecule is CC(C)(C)OC(=O)CBr.Cc1ccc2c(C3CCCCC3)c3n(c2c1)CCN(CC(=O)OC(C)(C)C)c1ccccc1-3.Cc1ccc2c(C3CCCCC3)c3n(c2c1)CCNc1ccccc1-3.O=C=O.O=C=O. The number of ether oxygens (including phenoxy) is 2. The van der Waals surface area contributed by atoms with Gasteiger partial charge in [0.25, 0.3) is 0 Å². The van der Waals surface area contributed by atoms with Crippen LogP contribution in [-0.2, 0) is 51.3 Å². The van der Waals surface area contributed by atoms with Crippen molar-refractivity contribution in [2.75, 3.05) is 35.2 Å². The maximum Gasteiger partial charge on any atom is 0.373 e. The summed E-state index contributed by atoms with van der Waals surface area (Å²) in [6.45, 7) is 19.6. The zero-order valence-electron chi connectivity index (χ0n) is 44.0. The first kappa shape index (κ1) is 56.0. The van der Waals surface area contributed by atoms with Gasteiger partial charge in [0.05, 0.1) is 11.4 Å². The van der Waals surface area contributed by atoms with Gasteiger partial charge in [0.15, 0.2) is 0 Å². The quantitative estimate of drug-likeness (QED) is 0.131. The fraction of sp³-hybridized carbons (Fsp3) is 0.467. The highest BCUT2D eigenvalue weighted by Gasteiger charge is 2.32. The van der Waals surface area contributed by atoms with Gasteiger partial charge < -0.3 is 28.8 Å². The van der Waals surface area contributed by atoms with Crippen molar-refractivity contribution < 1.29 is 38.2 Å². The molecule has 2 saturated carbocycles. The summed E-state index contributed by atoms with van der Waals surface area (Å²) in [6.07, 6.45) is 13.9. The van der Waals surface area contributed by atoms with E-state index < -0.39 is 5.60 Å². The predicted molar refractivity (Wildman–Crippen MR) is 292 cm³/mol. The molecule has 2 aliphatic carbocycles. The average Bonchev–Trinajstić information content (AvgIpc) is 3.69. The molecular weight excluding hydrogens is 985 g/mol. The lowest BCUT2D eigenvalue weighted by Crippen LogP contribution is -2.36. The lowest BCUT2D eigenvalue weighted by Gasteiger charge is -2.27. The van der Waals surface area contributed by atoms with Gasteiger partial charge >= 0.3 is 24.2 Å². The summed E-state index contributed by atoms with van der Waals surface area (Å²) in [5, 5.41) is 6.82. The summed E-state index contributed by atoms with van der Waals surface area (Å²) in [5.41, 5.74) is 15.6.